The Morgan fingerprint density at radius 3 is 2.55 bits per heavy atom. The summed E-state index contributed by atoms with van der Waals surface area (Å²) in [5.41, 5.74) is 7.13. The number of amides is 1. The van der Waals surface area contributed by atoms with E-state index in [0.717, 1.165) is 36.9 Å². The van der Waals surface area contributed by atoms with Gasteiger partial charge in [-0.3, -0.25) is 4.79 Å². The Labute approximate surface area is 131 Å². The standard InChI is InChI=1S/C18H25FN2O/c1-17(2,3)15(20)16(22)21-11-18(9-4-5-10-18)14-12(19)7-6-8-13(14)21/h6-8,15H,4-5,9-11,20H2,1-3H3/t15-/m1/s1. The summed E-state index contributed by atoms with van der Waals surface area (Å²) in [6.45, 7) is 6.46. The molecule has 0 saturated heterocycles. The third-order valence-electron chi connectivity index (χ3n) is 5.30. The lowest BCUT2D eigenvalue weighted by molar-refractivity contribution is -0.122. The third-order valence-corrected chi connectivity index (χ3v) is 5.30. The van der Waals surface area contributed by atoms with Crippen molar-refractivity contribution in [3.63, 3.8) is 0 Å². The van der Waals surface area contributed by atoms with Crippen LogP contribution < -0.4 is 10.6 Å². The van der Waals surface area contributed by atoms with Crippen molar-refractivity contribution < 1.29 is 9.18 Å². The Morgan fingerprint density at radius 2 is 1.95 bits per heavy atom. The molecule has 4 heteroatoms. The summed E-state index contributed by atoms with van der Waals surface area (Å²) in [6.07, 6.45) is 4.10. The van der Waals surface area contributed by atoms with Gasteiger partial charge in [0, 0.05) is 17.5 Å². The van der Waals surface area contributed by atoms with Crippen molar-refractivity contribution in [2.75, 3.05) is 11.4 Å². The fourth-order valence-corrected chi connectivity index (χ4v) is 3.92. The second kappa shape index (κ2) is 5.05. The Hall–Kier alpha value is -1.42. The summed E-state index contributed by atoms with van der Waals surface area (Å²) in [6, 6.07) is 4.47. The van der Waals surface area contributed by atoms with E-state index < -0.39 is 6.04 Å². The van der Waals surface area contributed by atoms with Gasteiger partial charge in [-0.1, -0.05) is 39.7 Å². The van der Waals surface area contributed by atoms with Crippen molar-refractivity contribution in [2.24, 2.45) is 11.1 Å². The first-order valence-corrected chi connectivity index (χ1v) is 8.12. The van der Waals surface area contributed by atoms with E-state index in [4.69, 9.17) is 5.73 Å². The summed E-state index contributed by atoms with van der Waals surface area (Å²) < 4.78 is 14.5. The molecule has 1 fully saturated rings. The minimum absolute atomic E-state index is 0.0943. The van der Waals surface area contributed by atoms with Crippen LogP contribution in [0.2, 0.25) is 0 Å². The molecule has 1 saturated carbocycles. The monoisotopic (exact) mass is 304 g/mol. The normalized spacial score (nSPS) is 21.2. The lowest BCUT2D eigenvalue weighted by Crippen LogP contribution is -2.51. The van der Waals surface area contributed by atoms with Crippen molar-refractivity contribution in [2.45, 2.75) is 57.9 Å². The average molecular weight is 304 g/mol. The molecule has 0 unspecified atom stereocenters. The Bertz CT molecular complexity index is 600. The predicted molar refractivity (Wildman–Crippen MR) is 86.3 cm³/mol. The van der Waals surface area contributed by atoms with Crippen LogP contribution in [0.3, 0.4) is 0 Å². The first-order chi connectivity index (χ1) is 10.3. The van der Waals surface area contributed by atoms with E-state index in [9.17, 15) is 9.18 Å². The molecule has 1 aromatic rings. The van der Waals surface area contributed by atoms with Crippen molar-refractivity contribution in [3.05, 3.63) is 29.6 Å². The van der Waals surface area contributed by atoms with Gasteiger partial charge in [-0.15, -0.1) is 0 Å². The van der Waals surface area contributed by atoms with E-state index >= 15 is 0 Å². The molecule has 0 bridgehead atoms. The van der Waals surface area contributed by atoms with Gasteiger partial charge < -0.3 is 10.6 Å². The lowest BCUT2D eigenvalue weighted by Gasteiger charge is -2.31. The molecule has 1 aromatic carbocycles. The first-order valence-electron chi connectivity index (χ1n) is 8.12. The van der Waals surface area contributed by atoms with Crippen molar-refractivity contribution in [1.82, 2.24) is 0 Å². The maximum absolute atomic E-state index is 14.5. The van der Waals surface area contributed by atoms with E-state index in [1.807, 2.05) is 26.8 Å². The van der Waals surface area contributed by atoms with Crippen LogP contribution in [0.5, 0.6) is 0 Å². The van der Waals surface area contributed by atoms with E-state index in [1.165, 1.54) is 6.07 Å². The second-order valence-electron chi connectivity index (χ2n) is 7.89. The maximum Gasteiger partial charge on any atom is 0.244 e. The van der Waals surface area contributed by atoms with Crippen LogP contribution in [-0.2, 0) is 10.2 Å². The van der Waals surface area contributed by atoms with Crippen LogP contribution in [0.25, 0.3) is 0 Å². The number of carbonyl (C=O) groups is 1. The van der Waals surface area contributed by atoms with Crippen molar-refractivity contribution >= 4 is 11.6 Å². The summed E-state index contributed by atoms with van der Waals surface area (Å²) in [4.78, 5) is 14.6. The van der Waals surface area contributed by atoms with E-state index in [-0.39, 0.29) is 22.6 Å². The molecule has 0 aromatic heterocycles. The van der Waals surface area contributed by atoms with Crippen LogP contribution in [0.4, 0.5) is 10.1 Å². The largest absolute Gasteiger partial charge is 0.319 e. The molecule has 1 amide bonds. The molecule has 1 aliphatic carbocycles. The minimum Gasteiger partial charge on any atom is -0.319 e. The highest BCUT2D eigenvalue weighted by atomic mass is 19.1. The minimum atomic E-state index is -0.583. The molecule has 1 heterocycles. The van der Waals surface area contributed by atoms with Gasteiger partial charge in [-0.2, -0.15) is 0 Å². The van der Waals surface area contributed by atoms with E-state index in [0.29, 0.717) is 6.54 Å². The number of benzene rings is 1. The van der Waals surface area contributed by atoms with Gasteiger partial charge >= 0.3 is 0 Å². The SMILES string of the molecule is CC(C)(C)[C@H](N)C(=O)N1CC2(CCCC2)c2c(F)cccc21. The molecule has 3 rings (SSSR count). The highest BCUT2D eigenvalue weighted by molar-refractivity contribution is 6.00. The van der Waals surface area contributed by atoms with Gasteiger partial charge in [0.05, 0.1) is 11.7 Å². The number of nitrogens with two attached hydrogens (primary N) is 1. The molecule has 2 aliphatic rings. The summed E-state index contributed by atoms with van der Waals surface area (Å²) in [5, 5.41) is 0. The summed E-state index contributed by atoms with van der Waals surface area (Å²) >= 11 is 0. The number of halogens is 1. The summed E-state index contributed by atoms with van der Waals surface area (Å²) in [5.74, 6) is -0.276. The maximum atomic E-state index is 14.5. The first kappa shape index (κ1) is 15.5. The molecule has 120 valence electrons. The second-order valence-corrected chi connectivity index (χ2v) is 7.89. The fourth-order valence-electron chi connectivity index (χ4n) is 3.92. The van der Waals surface area contributed by atoms with Gasteiger partial charge in [0.25, 0.3) is 0 Å². The fraction of sp³-hybridized carbons (Fsp3) is 0.611. The quantitative estimate of drug-likeness (QED) is 0.865. The number of anilines is 1. The highest BCUT2D eigenvalue weighted by Crippen LogP contribution is 2.51. The average Bonchev–Trinajstić information content (AvgIpc) is 3.04. The number of hydrogen-bond acceptors (Lipinski definition) is 2. The van der Waals surface area contributed by atoms with Crippen LogP contribution in [-0.4, -0.2) is 18.5 Å². The molecule has 2 N–H and O–H groups in total. The zero-order chi connectivity index (χ0) is 16.1. The lowest BCUT2D eigenvalue weighted by atomic mass is 9.80. The number of carbonyl (C=O) groups excluding carboxylic acids is 1. The van der Waals surface area contributed by atoms with Gasteiger partial charge in [-0.05, 0) is 30.4 Å². The molecule has 3 nitrogen and oxygen atoms in total. The van der Waals surface area contributed by atoms with Gasteiger partial charge in [0.15, 0.2) is 0 Å². The zero-order valence-corrected chi connectivity index (χ0v) is 13.7. The number of fused-ring (bicyclic) bond motifs is 2. The molecule has 1 spiro atoms. The van der Waals surface area contributed by atoms with Crippen LogP contribution >= 0.6 is 0 Å². The topological polar surface area (TPSA) is 46.3 Å². The Kier molecular flexibility index (Phi) is 3.55. The Morgan fingerprint density at radius 1 is 1.32 bits per heavy atom. The predicted octanol–water partition coefficient (Wildman–Crippen LogP) is 3.36. The van der Waals surface area contributed by atoms with Gasteiger partial charge in [0.1, 0.15) is 5.82 Å². The molecular weight excluding hydrogens is 279 g/mol. The van der Waals surface area contributed by atoms with Crippen LogP contribution in [0, 0.1) is 11.2 Å². The van der Waals surface area contributed by atoms with Crippen LogP contribution in [0.15, 0.2) is 18.2 Å². The third kappa shape index (κ3) is 2.24. The summed E-state index contributed by atoms with van der Waals surface area (Å²) in [7, 11) is 0. The molecule has 1 aliphatic heterocycles. The number of nitrogens with zero attached hydrogens (tertiary/aromatic N) is 1. The molecular formula is C18H25FN2O. The van der Waals surface area contributed by atoms with E-state index in [2.05, 4.69) is 0 Å². The Balaban J connectivity index is 2.03. The molecule has 1 atom stereocenters. The highest BCUT2D eigenvalue weighted by Gasteiger charge is 2.49. The zero-order valence-electron chi connectivity index (χ0n) is 13.7. The smallest absolute Gasteiger partial charge is 0.244 e. The molecule has 22 heavy (non-hydrogen) atoms. The number of rotatable bonds is 1. The molecule has 0 radical (unpaired) electrons. The van der Waals surface area contributed by atoms with Gasteiger partial charge in [-0.25, -0.2) is 4.39 Å². The van der Waals surface area contributed by atoms with Crippen molar-refractivity contribution in [1.29, 1.82) is 0 Å². The van der Waals surface area contributed by atoms with E-state index in [1.54, 1.807) is 11.0 Å². The number of hydrogen-bond donors (Lipinski definition) is 1. The van der Waals surface area contributed by atoms with Crippen LogP contribution in [0.1, 0.15) is 52.0 Å². The van der Waals surface area contributed by atoms with Gasteiger partial charge in [0.2, 0.25) is 5.91 Å². The van der Waals surface area contributed by atoms with Crippen molar-refractivity contribution in [3.8, 4) is 0 Å².